The van der Waals surface area contributed by atoms with Gasteiger partial charge in [0.15, 0.2) is 5.16 Å². The zero-order valence-electron chi connectivity index (χ0n) is 17.8. The van der Waals surface area contributed by atoms with Crippen LogP contribution in [0.2, 0.25) is 0 Å². The molecule has 3 rings (SSSR count). The lowest BCUT2D eigenvalue weighted by Gasteiger charge is -2.18. The molecular weight excluding hydrogens is 398 g/mol. The average Bonchev–Trinajstić information content (AvgIpc) is 3.40. The molecule has 1 aromatic heterocycles. The summed E-state index contributed by atoms with van der Waals surface area (Å²) >= 11 is 1.64. The lowest BCUT2D eigenvalue weighted by atomic mass is 10.0. The fourth-order valence-corrected chi connectivity index (χ4v) is 4.63. The number of aromatic nitrogens is 3. The van der Waals surface area contributed by atoms with E-state index in [1.54, 1.807) is 11.8 Å². The van der Waals surface area contributed by atoms with E-state index >= 15 is 0 Å². The third-order valence-electron chi connectivity index (χ3n) is 5.48. The minimum absolute atomic E-state index is 0.0698. The molecule has 0 bridgehead atoms. The normalized spacial score (nSPS) is 15.1. The molecule has 1 atom stereocenters. The molecule has 8 heteroatoms. The van der Waals surface area contributed by atoms with Crippen LogP contribution in [0.15, 0.2) is 35.5 Å². The number of carbonyl (C=O) groups is 2. The summed E-state index contributed by atoms with van der Waals surface area (Å²) in [4.78, 5) is 24.0. The second kappa shape index (κ2) is 11.2. The fraction of sp³-hybridized carbons (Fsp3) is 0.545. The average molecular weight is 430 g/mol. The lowest BCUT2D eigenvalue weighted by molar-refractivity contribution is -0.122. The van der Waals surface area contributed by atoms with Crippen LogP contribution in [-0.2, 0) is 16.0 Å². The monoisotopic (exact) mass is 429 g/mol. The van der Waals surface area contributed by atoms with Crippen molar-refractivity contribution in [1.82, 2.24) is 25.4 Å². The van der Waals surface area contributed by atoms with Crippen molar-refractivity contribution >= 4 is 23.6 Å². The quantitative estimate of drug-likeness (QED) is 0.446. The highest BCUT2D eigenvalue weighted by atomic mass is 32.2. The molecule has 2 aromatic rings. The van der Waals surface area contributed by atoms with Crippen LogP contribution in [-0.4, -0.2) is 39.4 Å². The van der Waals surface area contributed by atoms with Crippen molar-refractivity contribution in [3.8, 4) is 0 Å². The second-order valence-electron chi connectivity index (χ2n) is 7.73. The first-order valence-corrected chi connectivity index (χ1v) is 11.9. The van der Waals surface area contributed by atoms with E-state index in [9.17, 15) is 9.59 Å². The zero-order chi connectivity index (χ0) is 21.3. The Bertz CT molecular complexity index is 833. The van der Waals surface area contributed by atoms with Gasteiger partial charge in [-0.3, -0.25) is 9.59 Å². The number of aryl methyl sites for hydroxylation is 1. The van der Waals surface area contributed by atoms with Gasteiger partial charge in [-0.2, -0.15) is 0 Å². The first-order chi connectivity index (χ1) is 14.6. The van der Waals surface area contributed by atoms with Gasteiger partial charge in [-0.1, -0.05) is 54.9 Å². The number of thioether (sulfide) groups is 1. The van der Waals surface area contributed by atoms with Gasteiger partial charge in [0.1, 0.15) is 5.82 Å². The highest BCUT2D eigenvalue weighted by Crippen LogP contribution is 2.33. The number of benzene rings is 1. The molecule has 0 unspecified atom stereocenters. The van der Waals surface area contributed by atoms with Gasteiger partial charge in [-0.15, -0.1) is 10.2 Å². The van der Waals surface area contributed by atoms with Gasteiger partial charge < -0.3 is 15.2 Å². The van der Waals surface area contributed by atoms with Crippen molar-refractivity contribution in [1.29, 1.82) is 0 Å². The van der Waals surface area contributed by atoms with E-state index < -0.39 is 0 Å². The number of rotatable bonds is 10. The molecular formula is C22H31N5O2S. The van der Waals surface area contributed by atoms with Crippen LogP contribution in [0.4, 0.5) is 0 Å². The maximum absolute atomic E-state index is 12.4. The number of hydrogen-bond donors (Lipinski definition) is 2. The predicted molar refractivity (Wildman–Crippen MR) is 118 cm³/mol. The molecule has 162 valence electrons. The summed E-state index contributed by atoms with van der Waals surface area (Å²) in [5.74, 6) is 0.799. The van der Waals surface area contributed by atoms with Crippen molar-refractivity contribution in [2.75, 3.05) is 12.8 Å². The molecule has 0 aliphatic heterocycles. The maximum Gasteiger partial charge on any atom is 0.222 e. The van der Waals surface area contributed by atoms with E-state index in [1.807, 2.05) is 36.6 Å². The fourth-order valence-electron chi connectivity index (χ4n) is 4.06. The molecule has 30 heavy (non-hydrogen) atoms. The number of amides is 2. The summed E-state index contributed by atoms with van der Waals surface area (Å²) in [5, 5.41) is 15.6. The van der Waals surface area contributed by atoms with Crippen molar-refractivity contribution in [2.45, 2.75) is 69.1 Å². The van der Waals surface area contributed by atoms with Crippen LogP contribution in [0, 0.1) is 0 Å². The predicted octanol–water partition coefficient (Wildman–Crippen LogP) is 3.43. The molecule has 2 amide bonds. The molecule has 1 aliphatic rings. The van der Waals surface area contributed by atoms with Gasteiger partial charge in [-0.05, 0) is 31.1 Å². The molecule has 1 fully saturated rings. The van der Waals surface area contributed by atoms with Crippen LogP contribution in [0.3, 0.4) is 0 Å². The van der Waals surface area contributed by atoms with E-state index in [-0.39, 0.29) is 24.3 Å². The Kier molecular flexibility index (Phi) is 8.30. The highest BCUT2D eigenvalue weighted by molar-refractivity contribution is 7.98. The van der Waals surface area contributed by atoms with Gasteiger partial charge in [0.25, 0.3) is 0 Å². The first kappa shape index (κ1) is 22.3. The third-order valence-corrected chi connectivity index (χ3v) is 6.12. The van der Waals surface area contributed by atoms with E-state index in [1.165, 1.54) is 32.6 Å². The molecule has 2 N–H and O–H groups in total. The van der Waals surface area contributed by atoms with Crippen molar-refractivity contribution in [3.05, 3.63) is 41.7 Å². The largest absolute Gasteiger partial charge is 0.356 e. The number of hydrogen-bond acceptors (Lipinski definition) is 5. The van der Waals surface area contributed by atoms with Crippen molar-refractivity contribution in [3.63, 3.8) is 0 Å². The first-order valence-electron chi connectivity index (χ1n) is 10.6. The summed E-state index contributed by atoms with van der Waals surface area (Å²) in [6.45, 7) is 2.05. The van der Waals surface area contributed by atoms with E-state index in [0.717, 1.165) is 29.4 Å². The Morgan fingerprint density at radius 3 is 2.60 bits per heavy atom. The van der Waals surface area contributed by atoms with Crippen LogP contribution in [0.1, 0.15) is 68.9 Å². The smallest absolute Gasteiger partial charge is 0.222 e. The SMILES string of the molecule is CSc1nnc(CCCNC(=O)C[C@@H](NC(C)=O)c2ccccc2)n1C1CCCC1. The van der Waals surface area contributed by atoms with Crippen LogP contribution in [0.25, 0.3) is 0 Å². The Labute approximate surface area is 182 Å². The summed E-state index contributed by atoms with van der Waals surface area (Å²) in [7, 11) is 0. The van der Waals surface area contributed by atoms with Crippen LogP contribution in [0.5, 0.6) is 0 Å². The Morgan fingerprint density at radius 2 is 1.93 bits per heavy atom. The lowest BCUT2D eigenvalue weighted by Crippen LogP contribution is -2.33. The molecule has 7 nitrogen and oxygen atoms in total. The Balaban J connectivity index is 1.50. The molecule has 0 radical (unpaired) electrons. The number of nitrogens with one attached hydrogen (secondary N) is 2. The Morgan fingerprint density at radius 1 is 1.20 bits per heavy atom. The summed E-state index contributed by atoms with van der Waals surface area (Å²) in [5.41, 5.74) is 0.928. The van der Waals surface area contributed by atoms with Crippen molar-refractivity contribution in [2.24, 2.45) is 0 Å². The van der Waals surface area contributed by atoms with E-state index in [4.69, 9.17) is 0 Å². The minimum Gasteiger partial charge on any atom is -0.356 e. The van der Waals surface area contributed by atoms with Crippen LogP contribution < -0.4 is 10.6 Å². The Hall–Kier alpha value is -2.35. The van der Waals surface area contributed by atoms with Crippen LogP contribution >= 0.6 is 11.8 Å². The summed E-state index contributed by atoms with van der Waals surface area (Å²) < 4.78 is 2.31. The zero-order valence-corrected chi connectivity index (χ0v) is 18.6. The topological polar surface area (TPSA) is 88.9 Å². The van der Waals surface area contributed by atoms with Gasteiger partial charge >= 0.3 is 0 Å². The van der Waals surface area contributed by atoms with E-state index in [2.05, 4.69) is 25.4 Å². The highest BCUT2D eigenvalue weighted by Gasteiger charge is 2.23. The van der Waals surface area contributed by atoms with Gasteiger partial charge in [0.05, 0.1) is 12.5 Å². The number of nitrogens with zero attached hydrogens (tertiary/aromatic N) is 3. The van der Waals surface area contributed by atoms with Gasteiger partial charge in [0, 0.05) is 25.9 Å². The molecule has 1 aliphatic carbocycles. The summed E-state index contributed by atoms with van der Waals surface area (Å²) in [6, 6.07) is 9.77. The third kappa shape index (κ3) is 6.08. The molecule has 0 spiro atoms. The van der Waals surface area contributed by atoms with Gasteiger partial charge in [-0.25, -0.2) is 0 Å². The maximum atomic E-state index is 12.4. The standard InChI is InChI=1S/C22H31N5O2S/c1-16(28)24-19(17-9-4-3-5-10-17)15-21(29)23-14-8-13-20-25-26-22(30-2)27(20)18-11-6-7-12-18/h3-5,9-10,18-19H,6-8,11-15H2,1-2H3,(H,23,29)(H,24,28)/t19-/m1/s1. The van der Waals surface area contributed by atoms with Gasteiger partial charge in [0.2, 0.25) is 11.8 Å². The van der Waals surface area contributed by atoms with Crippen molar-refractivity contribution < 1.29 is 9.59 Å². The molecule has 1 aromatic carbocycles. The molecule has 1 heterocycles. The second-order valence-corrected chi connectivity index (χ2v) is 8.51. The molecule has 1 saturated carbocycles. The minimum atomic E-state index is -0.321. The van der Waals surface area contributed by atoms with E-state index in [0.29, 0.717) is 12.6 Å². The summed E-state index contributed by atoms with van der Waals surface area (Å²) in [6.07, 6.45) is 8.78. The molecule has 0 saturated heterocycles. The number of carbonyl (C=O) groups excluding carboxylic acids is 2.